The van der Waals surface area contributed by atoms with E-state index in [1.165, 1.54) is 0 Å². The predicted octanol–water partition coefficient (Wildman–Crippen LogP) is 3.39. The van der Waals surface area contributed by atoms with Crippen LogP contribution in [0.25, 0.3) is 0 Å². The zero-order valence-electron chi connectivity index (χ0n) is 9.50. The summed E-state index contributed by atoms with van der Waals surface area (Å²) in [6.45, 7) is 8.25. The lowest BCUT2D eigenvalue weighted by Crippen LogP contribution is -2.29. The van der Waals surface area contributed by atoms with Crippen LogP contribution >= 0.6 is 15.9 Å². The van der Waals surface area contributed by atoms with Gasteiger partial charge in [0.25, 0.3) is 0 Å². The monoisotopic (exact) mass is 271 g/mol. The molecule has 0 aliphatic carbocycles. The van der Waals surface area contributed by atoms with E-state index in [9.17, 15) is 5.11 Å². The van der Waals surface area contributed by atoms with Crippen LogP contribution in [0.1, 0.15) is 26.3 Å². The SMILES string of the molecule is CCN(Cc1cc(Br)ccc1O)C(C)C. The molecule has 0 radical (unpaired) electrons. The Hall–Kier alpha value is -0.540. The maximum absolute atomic E-state index is 9.71. The molecular weight excluding hydrogens is 254 g/mol. The average molecular weight is 272 g/mol. The van der Waals surface area contributed by atoms with E-state index >= 15 is 0 Å². The number of hydrogen-bond acceptors (Lipinski definition) is 2. The molecule has 1 N–H and O–H groups in total. The molecule has 1 rings (SSSR count). The summed E-state index contributed by atoms with van der Waals surface area (Å²) in [4.78, 5) is 2.31. The highest BCUT2D eigenvalue weighted by Gasteiger charge is 2.10. The van der Waals surface area contributed by atoms with Crippen molar-refractivity contribution in [2.45, 2.75) is 33.4 Å². The number of aromatic hydroxyl groups is 1. The van der Waals surface area contributed by atoms with Crippen LogP contribution in [0.5, 0.6) is 5.75 Å². The van der Waals surface area contributed by atoms with Gasteiger partial charge in [0.2, 0.25) is 0 Å². The minimum Gasteiger partial charge on any atom is -0.508 e. The van der Waals surface area contributed by atoms with Crippen molar-refractivity contribution in [3.8, 4) is 5.75 Å². The van der Waals surface area contributed by atoms with E-state index in [-0.39, 0.29) is 0 Å². The summed E-state index contributed by atoms with van der Waals surface area (Å²) < 4.78 is 1.01. The fraction of sp³-hybridized carbons (Fsp3) is 0.500. The number of rotatable bonds is 4. The third kappa shape index (κ3) is 3.50. The van der Waals surface area contributed by atoms with Gasteiger partial charge in [-0.1, -0.05) is 22.9 Å². The molecule has 0 atom stereocenters. The van der Waals surface area contributed by atoms with Crippen molar-refractivity contribution in [3.63, 3.8) is 0 Å². The first kappa shape index (κ1) is 12.5. The van der Waals surface area contributed by atoms with E-state index in [0.29, 0.717) is 11.8 Å². The van der Waals surface area contributed by atoms with Gasteiger partial charge in [0.05, 0.1) is 0 Å². The number of phenolic OH excluding ortho intramolecular Hbond substituents is 1. The number of nitrogens with zero attached hydrogens (tertiary/aromatic N) is 1. The van der Waals surface area contributed by atoms with Gasteiger partial charge in [0.15, 0.2) is 0 Å². The van der Waals surface area contributed by atoms with Gasteiger partial charge in [0.1, 0.15) is 5.75 Å². The van der Waals surface area contributed by atoms with E-state index in [2.05, 4.69) is 41.6 Å². The van der Waals surface area contributed by atoms with Crippen molar-refractivity contribution < 1.29 is 5.11 Å². The van der Waals surface area contributed by atoms with Crippen molar-refractivity contribution in [2.75, 3.05) is 6.54 Å². The lowest BCUT2D eigenvalue weighted by atomic mass is 10.1. The minimum atomic E-state index is 0.373. The van der Waals surface area contributed by atoms with Gasteiger partial charge in [-0.15, -0.1) is 0 Å². The van der Waals surface area contributed by atoms with Gasteiger partial charge < -0.3 is 5.11 Å². The molecule has 1 aromatic carbocycles. The van der Waals surface area contributed by atoms with Crippen molar-refractivity contribution in [1.82, 2.24) is 4.90 Å². The molecule has 0 heterocycles. The van der Waals surface area contributed by atoms with E-state index in [1.54, 1.807) is 6.07 Å². The Kier molecular flexibility index (Phi) is 4.61. The molecule has 0 aliphatic heterocycles. The Morgan fingerprint density at radius 1 is 1.40 bits per heavy atom. The average Bonchev–Trinajstić information content (AvgIpc) is 2.18. The molecule has 0 fully saturated rings. The van der Waals surface area contributed by atoms with E-state index in [0.717, 1.165) is 23.1 Å². The van der Waals surface area contributed by atoms with E-state index < -0.39 is 0 Å². The summed E-state index contributed by atoms with van der Waals surface area (Å²) in [5.74, 6) is 0.373. The molecule has 15 heavy (non-hydrogen) atoms. The maximum Gasteiger partial charge on any atom is 0.120 e. The summed E-state index contributed by atoms with van der Waals surface area (Å²) in [6.07, 6.45) is 0. The molecule has 0 amide bonds. The Bertz CT molecular complexity index is 325. The maximum atomic E-state index is 9.71. The van der Waals surface area contributed by atoms with Crippen molar-refractivity contribution in [3.05, 3.63) is 28.2 Å². The van der Waals surface area contributed by atoms with Gasteiger partial charge in [-0.3, -0.25) is 4.90 Å². The smallest absolute Gasteiger partial charge is 0.120 e. The molecule has 2 nitrogen and oxygen atoms in total. The highest BCUT2D eigenvalue weighted by Crippen LogP contribution is 2.23. The second kappa shape index (κ2) is 5.52. The fourth-order valence-corrected chi connectivity index (χ4v) is 1.97. The van der Waals surface area contributed by atoms with Gasteiger partial charge >= 0.3 is 0 Å². The number of hydrogen-bond donors (Lipinski definition) is 1. The van der Waals surface area contributed by atoms with Gasteiger partial charge in [-0.05, 0) is 38.6 Å². The summed E-state index contributed by atoms with van der Waals surface area (Å²) in [5.41, 5.74) is 0.972. The van der Waals surface area contributed by atoms with Crippen LogP contribution in [-0.4, -0.2) is 22.6 Å². The largest absolute Gasteiger partial charge is 0.508 e. The van der Waals surface area contributed by atoms with Gasteiger partial charge in [-0.25, -0.2) is 0 Å². The quantitative estimate of drug-likeness (QED) is 0.908. The highest BCUT2D eigenvalue weighted by atomic mass is 79.9. The molecule has 3 heteroatoms. The molecule has 0 spiro atoms. The molecule has 0 aromatic heterocycles. The lowest BCUT2D eigenvalue weighted by molar-refractivity contribution is 0.222. The molecular formula is C12H18BrNO. The zero-order valence-corrected chi connectivity index (χ0v) is 11.1. The van der Waals surface area contributed by atoms with Crippen molar-refractivity contribution in [1.29, 1.82) is 0 Å². The van der Waals surface area contributed by atoms with Gasteiger partial charge in [0, 0.05) is 22.6 Å². The summed E-state index contributed by atoms with van der Waals surface area (Å²) in [6, 6.07) is 6.05. The third-order valence-corrected chi connectivity index (χ3v) is 3.04. The normalized spacial score (nSPS) is 11.3. The molecule has 0 saturated heterocycles. The molecule has 1 aromatic rings. The predicted molar refractivity (Wildman–Crippen MR) is 67.0 cm³/mol. The van der Waals surface area contributed by atoms with Crippen molar-refractivity contribution >= 4 is 15.9 Å². The number of phenols is 1. The van der Waals surface area contributed by atoms with Crippen LogP contribution in [0.4, 0.5) is 0 Å². The number of halogens is 1. The van der Waals surface area contributed by atoms with Crippen molar-refractivity contribution in [2.24, 2.45) is 0 Å². The molecule has 84 valence electrons. The summed E-state index contributed by atoms with van der Waals surface area (Å²) in [5, 5.41) is 9.71. The van der Waals surface area contributed by atoms with Crippen LogP contribution in [0.15, 0.2) is 22.7 Å². The third-order valence-electron chi connectivity index (χ3n) is 2.55. The number of benzene rings is 1. The fourth-order valence-electron chi connectivity index (χ4n) is 1.56. The topological polar surface area (TPSA) is 23.5 Å². The van der Waals surface area contributed by atoms with Crippen LogP contribution in [-0.2, 0) is 6.54 Å². The Balaban J connectivity index is 2.82. The first-order valence-electron chi connectivity index (χ1n) is 5.26. The highest BCUT2D eigenvalue weighted by molar-refractivity contribution is 9.10. The first-order valence-corrected chi connectivity index (χ1v) is 6.05. The zero-order chi connectivity index (χ0) is 11.4. The second-order valence-electron chi connectivity index (χ2n) is 3.93. The van der Waals surface area contributed by atoms with Gasteiger partial charge in [-0.2, -0.15) is 0 Å². The van der Waals surface area contributed by atoms with E-state index in [4.69, 9.17) is 0 Å². The summed E-state index contributed by atoms with van der Waals surface area (Å²) in [7, 11) is 0. The van der Waals surface area contributed by atoms with E-state index in [1.807, 2.05) is 12.1 Å². The van der Waals surface area contributed by atoms with Crippen LogP contribution in [0, 0.1) is 0 Å². The molecule has 0 unspecified atom stereocenters. The minimum absolute atomic E-state index is 0.373. The Labute approximate surface area is 100 Å². The van der Waals surface area contributed by atoms with Crippen LogP contribution < -0.4 is 0 Å². The standard InChI is InChI=1S/C12H18BrNO/c1-4-14(9(2)3)8-10-7-11(13)5-6-12(10)15/h5-7,9,15H,4,8H2,1-3H3. The Morgan fingerprint density at radius 3 is 2.60 bits per heavy atom. The molecule has 0 bridgehead atoms. The second-order valence-corrected chi connectivity index (χ2v) is 4.85. The Morgan fingerprint density at radius 2 is 2.07 bits per heavy atom. The van der Waals surface area contributed by atoms with Crippen LogP contribution in [0.3, 0.4) is 0 Å². The summed E-state index contributed by atoms with van der Waals surface area (Å²) >= 11 is 3.42. The lowest BCUT2D eigenvalue weighted by Gasteiger charge is -2.25. The molecule has 0 aliphatic rings. The molecule has 0 saturated carbocycles. The van der Waals surface area contributed by atoms with Crippen LogP contribution in [0.2, 0.25) is 0 Å². The first-order chi connectivity index (χ1) is 7.04.